The predicted octanol–water partition coefficient (Wildman–Crippen LogP) is 1.80. The first-order chi connectivity index (χ1) is 9.24. The molecule has 1 aliphatic rings. The number of methoxy groups -OCH3 is 1. The van der Waals surface area contributed by atoms with Crippen LogP contribution in [-0.2, 0) is 11.2 Å². The van der Waals surface area contributed by atoms with Gasteiger partial charge in [0.25, 0.3) is 0 Å². The van der Waals surface area contributed by atoms with Crippen molar-refractivity contribution in [2.75, 3.05) is 20.3 Å². The SMILES string of the molecule is COc1ccc(C)cc1CC(NN)C1CCOCC1. The number of nitrogens with two attached hydrogens (primary N) is 1. The molecule has 1 saturated heterocycles. The number of rotatable bonds is 5. The van der Waals surface area contributed by atoms with Gasteiger partial charge in [0.15, 0.2) is 0 Å². The van der Waals surface area contributed by atoms with Crippen LogP contribution in [0.1, 0.15) is 24.0 Å². The van der Waals surface area contributed by atoms with E-state index in [1.54, 1.807) is 7.11 Å². The molecule has 4 heteroatoms. The van der Waals surface area contributed by atoms with E-state index in [1.165, 1.54) is 11.1 Å². The average molecular weight is 264 g/mol. The Morgan fingerprint density at radius 3 is 2.79 bits per heavy atom. The molecule has 1 aromatic carbocycles. The second-order valence-corrected chi connectivity index (χ2v) is 5.24. The molecule has 1 atom stereocenters. The van der Waals surface area contributed by atoms with Crippen molar-refractivity contribution in [1.29, 1.82) is 0 Å². The van der Waals surface area contributed by atoms with Gasteiger partial charge in [-0.2, -0.15) is 0 Å². The molecule has 0 bridgehead atoms. The van der Waals surface area contributed by atoms with E-state index >= 15 is 0 Å². The molecule has 0 aromatic heterocycles. The van der Waals surface area contributed by atoms with Crippen LogP contribution >= 0.6 is 0 Å². The highest BCUT2D eigenvalue weighted by Crippen LogP contribution is 2.26. The Morgan fingerprint density at radius 1 is 1.42 bits per heavy atom. The highest BCUT2D eigenvalue weighted by molar-refractivity contribution is 5.37. The summed E-state index contributed by atoms with van der Waals surface area (Å²) >= 11 is 0. The van der Waals surface area contributed by atoms with E-state index in [0.717, 1.165) is 38.2 Å². The maximum absolute atomic E-state index is 5.75. The third-order valence-corrected chi connectivity index (χ3v) is 3.92. The lowest BCUT2D eigenvalue weighted by Gasteiger charge is -2.30. The van der Waals surface area contributed by atoms with Gasteiger partial charge in [-0.05, 0) is 43.7 Å². The minimum absolute atomic E-state index is 0.277. The predicted molar refractivity (Wildman–Crippen MR) is 76.1 cm³/mol. The van der Waals surface area contributed by atoms with Crippen molar-refractivity contribution in [1.82, 2.24) is 5.43 Å². The minimum Gasteiger partial charge on any atom is -0.496 e. The molecule has 0 amide bonds. The van der Waals surface area contributed by atoms with Gasteiger partial charge in [-0.25, -0.2) is 0 Å². The van der Waals surface area contributed by atoms with Gasteiger partial charge >= 0.3 is 0 Å². The summed E-state index contributed by atoms with van der Waals surface area (Å²) in [7, 11) is 1.72. The van der Waals surface area contributed by atoms with Gasteiger partial charge in [0.05, 0.1) is 7.11 Å². The standard InChI is InChI=1S/C15H24N2O2/c1-11-3-4-15(18-2)13(9-11)10-14(17-16)12-5-7-19-8-6-12/h3-4,9,12,14,17H,5-8,10,16H2,1-2H3. The van der Waals surface area contributed by atoms with Crippen LogP contribution < -0.4 is 16.0 Å². The van der Waals surface area contributed by atoms with Crippen molar-refractivity contribution < 1.29 is 9.47 Å². The lowest BCUT2D eigenvalue weighted by molar-refractivity contribution is 0.0537. The zero-order valence-electron chi connectivity index (χ0n) is 11.8. The third kappa shape index (κ3) is 3.69. The Hall–Kier alpha value is -1.10. The summed E-state index contributed by atoms with van der Waals surface area (Å²) in [5.74, 6) is 7.27. The Labute approximate surface area is 115 Å². The Bertz CT molecular complexity index is 403. The second kappa shape index (κ2) is 6.89. The van der Waals surface area contributed by atoms with E-state index in [-0.39, 0.29) is 6.04 Å². The van der Waals surface area contributed by atoms with Crippen molar-refractivity contribution in [2.45, 2.75) is 32.2 Å². The molecule has 106 valence electrons. The first-order valence-electron chi connectivity index (χ1n) is 6.92. The Kier molecular flexibility index (Phi) is 5.19. The van der Waals surface area contributed by atoms with Crippen LogP contribution in [0.3, 0.4) is 0 Å². The number of benzene rings is 1. The van der Waals surface area contributed by atoms with Gasteiger partial charge in [0.2, 0.25) is 0 Å². The zero-order valence-corrected chi connectivity index (χ0v) is 11.8. The van der Waals surface area contributed by atoms with Crippen LogP contribution in [0.25, 0.3) is 0 Å². The van der Waals surface area contributed by atoms with E-state index in [4.69, 9.17) is 15.3 Å². The van der Waals surface area contributed by atoms with E-state index in [1.807, 2.05) is 6.07 Å². The number of aryl methyl sites for hydroxylation is 1. The average Bonchev–Trinajstić information content (AvgIpc) is 2.46. The summed E-state index contributed by atoms with van der Waals surface area (Å²) in [5, 5.41) is 0. The Morgan fingerprint density at radius 2 is 2.16 bits per heavy atom. The van der Waals surface area contributed by atoms with Crippen LogP contribution in [0.15, 0.2) is 18.2 Å². The molecule has 1 aromatic rings. The summed E-state index contributed by atoms with van der Waals surface area (Å²) < 4.78 is 10.9. The van der Waals surface area contributed by atoms with Gasteiger partial charge in [-0.1, -0.05) is 17.7 Å². The topological polar surface area (TPSA) is 56.5 Å². The molecule has 0 spiro atoms. The molecule has 3 N–H and O–H groups in total. The van der Waals surface area contributed by atoms with Gasteiger partial charge in [-0.3, -0.25) is 11.3 Å². The molecule has 2 rings (SSSR count). The molecule has 0 saturated carbocycles. The molecule has 1 fully saturated rings. The van der Waals surface area contributed by atoms with Crippen molar-refractivity contribution in [3.05, 3.63) is 29.3 Å². The van der Waals surface area contributed by atoms with Crippen LogP contribution in [-0.4, -0.2) is 26.4 Å². The maximum Gasteiger partial charge on any atom is 0.122 e. The quantitative estimate of drug-likeness (QED) is 0.629. The first kappa shape index (κ1) is 14.3. The molecule has 1 aliphatic heterocycles. The molecular formula is C15H24N2O2. The number of ether oxygens (including phenoxy) is 2. The highest BCUT2D eigenvalue weighted by atomic mass is 16.5. The van der Waals surface area contributed by atoms with Gasteiger partial charge in [0.1, 0.15) is 5.75 Å². The van der Waals surface area contributed by atoms with Gasteiger partial charge < -0.3 is 9.47 Å². The molecule has 1 heterocycles. The summed E-state index contributed by atoms with van der Waals surface area (Å²) in [6.45, 7) is 3.78. The Balaban J connectivity index is 2.10. The van der Waals surface area contributed by atoms with Crippen LogP contribution in [0, 0.1) is 12.8 Å². The fourth-order valence-electron chi connectivity index (χ4n) is 2.78. The number of nitrogens with one attached hydrogen (secondary N) is 1. The molecule has 4 nitrogen and oxygen atoms in total. The lowest BCUT2D eigenvalue weighted by Crippen LogP contribution is -2.44. The van der Waals surface area contributed by atoms with Gasteiger partial charge in [-0.15, -0.1) is 0 Å². The van der Waals surface area contributed by atoms with Crippen molar-refractivity contribution in [2.24, 2.45) is 11.8 Å². The van der Waals surface area contributed by atoms with E-state index in [9.17, 15) is 0 Å². The number of hydrogen-bond donors (Lipinski definition) is 2. The van der Waals surface area contributed by atoms with Crippen LogP contribution in [0.5, 0.6) is 5.75 Å². The second-order valence-electron chi connectivity index (χ2n) is 5.24. The van der Waals surface area contributed by atoms with E-state index in [2.05, 4.69) is 24.5 Å². The summed E-state index contributed by atoms with van der Waals surface area (Å²) in [6.07, 6.45) is 3.04. The molecule has 19 heavy (non-hydrogen) atoms. The van der Waals surface area contributed by atoms with Crippen molar-refractivity contribution >= 4 is 0 Å². The van der Waals surface area contributed by atoms with Crippen LogP contribution in [0.2, 0.25) is 0 Å². The normalized spacial score (nSPS) is 18.3. The highest BCUT2D eigenvalue weighted by Gasteiger charge is 2.24. The monoisotopic (exact) mass is 264 g/mol. The van der Waals surface area contributed by atoms with Gasteiger partial charge in [0, 0.05) is 19.3 Å². The van der Waals surface area contributed by atoms with Crippen molar-refractivity contribution in [3.8, 4) is 5.75 Å². The summed E-state index contributed by atoms with van der Waals surface area (Å²) in [6, 6.07) is 6.56. The zero-order chi connectivity index (χ0) is 13.7. The van der Waals surface area contributed by atoms with Crippen molar-refractivity contribution in [3.63, 3.8) is 0 Å². The fourth-order valence-corrected chi connectivity index (χ4v) is 2.78. The summed E-state index contributed by atoms with van der Waals surface area (Å²) in [5.41, 5.74) is 5.45. The molecule has 0 radical (unpaired) electrons. The minimum atomic E-state index is 0.277. The summed E-state index contributed by atoms with van der Waals surface area (Å²) in [4.78, 5) is 0. The fraction of sp³-hybridized carbons (Fsp3) is 0.600. The third-order valence-electron chi connectivity index (χ3n) is 3.92. The lowest BCUT2D eigenvalue weighted by atomic mass is 9.87. The van der Waals surface area contributed by atoms with Crippen LogP contribution in [0.4, 0.5) is 0 Å². The number of hydrogen-bond acceptors (Lipinski definition) is 4. The van der Waals surface area contributed by atoms with E-state index in [0.29, 0.717) is 5.92 Å². The largest absolute Gasteiger partial charge is 0.496 e. The molecule has 1 unspecified atom stereocenters. The molecule has 0 aliphatic carbocycles. The van der Waals surface area contributed by atoms with E-state index < -0.39 is 0 Å². The molecular weight excluding hydrogens is 240 g/mol. The maximum atomic E-state index is 5.75. The number of hydrazine groups is 1. The smallest absolute Gasteiger partial charge is 0.122 e. The first-order valence-corrected chi connectivity index (χ1v) is 6.92.